The first-order chi connectivity index (χ1) is 12.5. The molecule has 1 fully saturated rings. The van der Waals surface area contributed by atoms with Gasteiger partial charge in [-0.25, -0.2) is 13.9 Å². The highest BCUT2D eigenvalue weighted by Crippen LogP contribution is 2.26. The fourth-order valence-electron chi connectivity index (χ4n) is 3.86. The summed E-state index contributed by atoms with van der Waals surface area (Å²) in [6, 6.07) is 7.42. The van der Waals surface area contributed by atoms with E-state index in [1.54, 1.807) is 4.90 Å². The molecule has 1 saturated heterocycles. The van der Waals surface area contributed by atoms with Crippen molar-refractivity contribution in [2.24, 2.45) is 0 Å². The van der Waals surface area contributed by atoms with E-state index in [4.69, 9.17) is 0 Å². The van der Waals surface area contributed by atoms with Gasteiger partial charge in [0.15, 0.2) is 0 Å². The summed E-state index contributed by atoms with van der Waals surface area (Å²) in [4.78, 5) is 27.3. The highest BCUT2D eigenvalue weighted by Gasteiger charge is 2.36. The Bertz CT molecular complexity index is 871. The van der Waals surface area contributed by atoms with E-state index in [0.717, 1.165) is 17.5 Å². The third-order valence-corrected chi connectivity index (χ3v) is 5.31. The Kier molecular flexibility index (Phi) is 4.38. The van der Waals surface area contributed by atoms with Crippen LogP contribution in [-0.4, -0.2) is 44.4 Å². The molecule has 1 aromatic heterocycles. The average molecular weight is 358 g/mol. The molecule has 2 atom stereocenters. The Morgan fingerprint density at radius 2 is 2.04 bits per heavy atom. The summed E-state index contributed by atoms with van der Waals surface area (Å²) in [6.07, 6.45) is 1.53. The minimum Gasteiger partial charge on any atom is -0.338 e. The molecule has 2 aliphatic heterocycles. The van der Waals surface area contributed by atoms with Crippen LogP contribution in [0.1, 0.15) is 42.3 Å². The van der Waals surface area contributed by atoms with Gasteiger partial charge in [-0.15, -0.1) is 0 Å². The average Bonchev–Trinajstić information content (AvgIpc) is 3.20. The Hall–Kier alpha value is -2.44. The molecule has 0 saturated carbocycles. The maximum Gasteiger partial charge on any atom is 0.346 e. The van der Waals surface area contributed by atoms with Crippen LogP contribution in [0, 0.1) is 6.92 Å². The first-order valence-corrected chi connectivity index (χ1v) is 9.19. The Balaban J connectivity index is 1.62. The lowest BCUT2D eigenvalue weighted by Gasteiger charge is -2.26. The third kappa shape index (κ3) is 3.06. The number of hydrogen-bond donors (Lipinski definition) is 0. The van der Waals surface area contributed by atoms with Crippen molar-refractivity contribution in [2.45, 2.75) is 51.4 Å². The van der Waals surface area contributed by atoms with Crippen LogP contribution in [0.2, 0.25) is 0 Å². The molecular weight excluding hydrogens is 335 g/mol. The maximum atomic E-state index is 13.5. The van der Waals surface area contributed by atoms with Crippen LogP contribution < -0.4 is 5.69 Å². The van der Waals surface area contributed by atoms with Gasteiger partial charge in [0.05, 0.1) is 13.1 Å². The number of halogens is 1. The van der Waals surface area contributed by atoms with E-state index in [1.807, 2.05) is 31.2 Å². The van der Waals surface area contributed by atoms with Gasteiger partial charge in [0, 0.05) is 13.0 Å². The molecule has 0 radical (unpaired) electrons. The minimum atomic E-state index is -0.956. The number of carbonyl (C=O) groups excluding carboxylic acids is 1. The standard InChI is InChI=1S/C19H23FN4O2/c1-13-5-7-14(8-6-13)11-23-19(26)24-16(3-2-4-17(24)21-23)18(25)22-10-9-15(20)12-22/h5-8,15-16H,2-4,9-12H2,1H3/t15-,16?/m1/s1. The van der Waals surface area contributed by atoms with Crippen molar-refractivity contribution in [1.29, 1.82) is 0 Å². The van der Waals surface area contributed by atoms with Gasteiger partial charge in [0.25, 0.3) is 0 Å². The second-order valence-corrected chi connectivity index (χ2v) is 7.29. The Morgan fingerprint density at radius 3 is 2.73 bits per heavy atom. The van der Waals surface area contributed by atoms with E-state index >= 15 is 0 Å². The number of rotatable bonds is 3. The zero-order chi connectivity index (χ0) is 18.3. The van der Waals surface area contributed by atoms with Crippen LogP contribution in [0.25, 0.3) is 0 Å². The smallest absolute Gasteiger partial charge is 0.338 e. The van der Waals surface area contributed by atoms with E-state index < -0.39 is 12.2 Å². The molecule has 3 heterocycles. The molecule has 2 aliphatic rings. The number of carbonyl (C=O) groups is 1. The summed E-state index contributed by atoms with van der Waals surface area (Å²) < 4.78 is 16.4. The van der Waals surface area contributed by atoms with Crippen molar-refractivity contribution in [1.82, 2.24) is 19.2 Å². The summed E-state index contributed by atoms with van der Waals surface area (Å²) in [5.74, 6) is 0.505. The fourth-order valence-corrected chi connectivity index (χ4v) is 3.86. The van der Waals surface area contributed by atoms with Crippen LogP contribution in [0.15, 0.2) is 29.1 Å². The molecule has 1 unspecified atom stereocenters. The molecule has 0 N–H and O–H groups in total. The van der Waals surface area contributed by atoms with Crippen LogP contribution in [0.5, 0.6) is 0 Å². The monoisotopic (exact) mass is 358 g/mol. The van der Waals surface area contributed by atoms with Gasteiger partial charge in [0.2, 0.25) is 5.91 Å². The Morgan fingerprint density at radius 1 is 1.27 bits per heavy atom. The van der Waals surface area contributed by atoms with Crippen LogP contribution in [0.3, 0.4) is 0 Å². The maximum absolute atomic E-state index is 13.5. The lowest BCUT2D eigenvalue weighted by molar-refractivity contribution is -0.134. The van der Waals surface area contributed by atoms with Crippen LogP contribution >= 0.6 is 0 Å². The highest BCUT2D eigenvalue weighted by atomic mass is 19.1. The van der Waals surface area contributed by atoms with Gasteiger partial charge in [-0.3, -0.25) is 9.36 Å². The van der Waals surface area contributed by atoms with Gasteiger partial charge in [-0.1, -0.05) is 29.8 Å². The molecule has 1 aromatic carbocycles. The molecule has 0 bridgehead atoms. The van der Waals surface area contributed by atoms with Crippen molar-refractivity contribution >= 4 is 5.91 Å². The lowest BCUT2D eigenvalue weighted by Crippen LogP contribution is -2.41. The highest BCUT2D eigenvalue weighted by molar-refractivity contribution is 5.81. The van der Waals surface area contributed by atoms with Gasteiger partial charge < -0.3 is 4.90 Å². The predicted molar refractivity (Wildman–Crippen MR) is 94.8 cm³/mol. The van der Waals surface area contributed by atoms with E-state index in [2.05, 4.69) is 5.10 Å². The van der Waals surface area contributed by atoms with Crippen molar-refractivity contribution in [3.8, 4) is 0 Å². The number of nitrogens with zero attached hydrogens (tertiary/aromatic N) is 4. The minimum absolute atomic E-state index is 0.136. The predicted octanol–water partition coefficient (Wildman–Crippen LogP) is 1.85. The number of aryl methyl sites for hydroxylation is 2. The second-order valence-electron chi connectivity index (χ2n) is 7.29. The molecule has 0 spiro atoms. The van der Waals surface area contributed by atoms with Crippen LogP contribution in [-0.2, 0) is 17.8 Å². The van der Waals surface area contributed by atoms with Crippen LogP contribution in [0.4, 0.5) is 4.39 Å². The summed E-state index contributed by atoms with van der Waals surface area (Å²) in [5.41, 5.74) is 1.90. The fraction of sp³-hybridized carbons (Fsp3) is 0.526. The summed E-state index contributed by atoms with van der Waals surface area (Å²) in [5, 5.41) is 4.46. The van der Waals surface area contributed by atoms with Gasteiger partial charge in [0.1, 0.15) is 18.0 Å². The number of fused-ring (bicyclic) bond motifs is 1. The molecule has 7 heteroatoms. The molecule has 1 amide bonds. The number of alkyl halides is 1. The second kappa shape index (κ2) is 6.70. The largest absolute Gasteiger partial charge is 0.346 e. The van der Waals surface area contributed by atoms with Crippen molar-refractivity contribution in [3.63, 3.8) is 0 Å². The molecular formula is C19H23FN4O2. The van der Waals surface area contributed by atoms with E-state index in [9.17, 15) is 14.0 Å². The normalized spacial score (nSPS) is 22.5. The zero-order valence-electron chi connectivity index (χ0n) is 14.9. The molecule has 4 rings (SSSR count). The summed E-state index contributed by atoms with van der Waals surface area (Å²) in [7, 11) is 0. The molecule has 0 aliphatic carbocycles. The summed E-state index contributed by atoms with van der Waals surface area (Å²) in [6.45, 7) is 2.97. The van der Waals surface area contributed by atoms with Gasteiger partial charge in [-0.05, 0) is 31.7 Å². The number of hydrogen-bond acceptors (Lipinski definition) is 3. The van der Waals surface area contributed by atoms with Crippen molar-refractivity contribution < 1.29 is 9.18 Å². The third-order valence-electron chi connectivity index (χ3n) is 5.31. The molecule has 2 aromatic rings. The zero-order valence-corrected chi connectivity index (χ0v) is 14.9. The van der Waals surface area contributed by atoms with E-state index in [1.165, 1.54) is 9.25 Å². The van der Waals surface area contributed by atoms with Gasteiger partial charge >= 0.3 is 5.69 Å². The summed E-state index contributed by atoms with van der Waals surface area (Å²) >= 11 is 0. The van der Waals surface area contributed by atoms with Crippen molar-refractivity contribution in [2.75, 3.05) is 13.1 Å². The van der Waals surface area contributed by atoms with E-state index in [0.29, 0.717) is 38.2 Å². The number of likely N-dealkylation sites (tertiary alicyclic amines) is 1. The first kappa shape index (κ1) is 17.0. The Labute approximate surface area is 151 Å². The topological polar surface area (TPSA) is 60.1 Å². The number of amides is 1. The van der Waals surface area contributed by atoms with E-state index in [-0.39, 0.29) is 18.1 Å². The number of aromatic nitrogens is 3. The first-order valence-electron chi connectivity index (χ1n) is 9.19. The molecule has 26 heavy (non-hydrogen) atoms. The van der Waals surface area contributed by atoms with Crippen molar-refractivity contribution in [3.05, 3.63) is 51.7 Å². The number of benzene rings is 1. The lowest BCUT2D eigenvalue weighted by atomic mass is 10.0. The van der Waals surface area contributed by atoms with Gasteiger partial charge in [-0.2, -0.15) is 5.10 Å². The SMILES string of the molecule is Cc1ccc(Cn2nc3n(c2=O)C(C(=O)N2CC[C@@H](F)C2)CCC3)cc1. The molecule has 138 valence electrons. The quantitative estimate of drug-likeness (QED) is 0.841. The molecule has 6 nitrogen and oxygen atoms in total.